The van der Waals surface area contributed by atoms with Crippen LogP contribution in [0.3, 0.4) is 0 Å². The van der Waals surface area contributed by atoms with Gasteiger partial charge >= 0.3 is 0 Å². The maximum atomic E-state index is 14.3. The van der Waals surface area contributed by atoms with Crippen molar-refractivity contribution in [2.75, 3.05) is 47.4 Å². The van der Waals surface area contributed by atoms with Gasteiger partial charge in [0.25, 0.3) is 0 Å². The van der Waals surface area contributed by atoms with Crippen LogP contribution in [0.5, 0.6) is 0 Å². The molecule has 3 saturated carbocycles. The Morgan fingerprint density at radius 1 is 1.14 bits per heavy atom. The van der Waals surface area contributed by atoms with Gasteiger partial charge in [-0.25, -0.2) is 0 Å². The fourth-order valence-electron chi connectivity index (χ4n) is 9.84. The largest absolute Gasteiger partial charge is 0.499 e. The third kappa shape index (κ3) is 3.17. The molecule has 0 aromatic rings. The van der Waals surface area contributed by atoms with Crippen LogP contribution in [0.1, 0.15) is 59.3 Å². The number of carbonyl (C=O) groups excluding carboxylic acids is 1. The molecule has 0 N–H and O–H groups in total. The van der Waals surface area contributed by atoms with E-state index in [1.807, 2.05) is 0 Å². The second-order valence-electron chi connectivity index (χ2n) is 12.8. The van der Waals surface area contributed by atoms with Crippen molar-refractivity contribution < 1.29 is 28.5 Å². The molecule has 4 aliphatic carbocycles. The summed E-state index contributed by atoms with van der Waals surface area (Å²) >= 11 is 0. The van der Waals surface area contributed by atoms with Crippen molar-refractivity contribution in [3.8, 4) is 0 Å². The summed E-state index contributed by atoms with van der Waals surface area (Å²) in [4.78, 5) is 16.6. The van der Waals surface area contributed by atoms with Crippen LogP contribution in [0.15, 0.2) is 11.8 Å². The predicted molar refractivity (Wildman–Crippen MR) is 129 cm³/mol. The minimum atomic E-state index is -0.881. The summed E-state index contributed by atoms with van der Waals surface area (Å²) in [7, 11) is 4.34. The van der Waals surface area contributed by atoms with Crippen LogP contribution in [-0.4, -0.2) is 69.5 Å². The first-order chi connectivity index (χ1) is 16.7. The molecule has 0 amide bonds. The van der Waals surface area contributed by atoms with Gasteiger partial charge in [0.05, 0.1) is 12.4 Å². The summed E-state index contributed by atoms with van der Waals surface area (Å²) in [5, 5.41) is 0. The monoisotopic (exact) mass is 489 g/mol. The van der Waals surface area contributed by atoms with Crippen LogP contribution in [0, 0.1) is 40.4 Å². The Balaban J connectivity index is 1.40. The van der Waals surface area contributed by atoms with E-state index in [4.69, 9.17) is 23.7 Å². The molecule has 35 heavy (non-hydrogen) atoms. The quantitative estimate of drug-likeness (QED) is 0.592. The van der Waals surface area contributed by atoms with Crippen LogP contribution in [0.25, 0.3) is 0 Å². The van der Waals surface area contributed by atoms with Crippen LogP contribution >= 0.6 is 0 Å². The zero-order chi connectivity index (χ0) is 24.6. The van der Waals surface area contributed by atoms with E-state index in [2.05, 4.69) is 45.8 Å². The number of hydrogen-bond acceptors (Lipinski definition) is 7. The van der Waals surface area contributed by atoms with Gasteiger partial charge in [-0.2, -0.15) is 0 Å². The van der Waals surface area contributed by atoms with E-state index < -0.39 is 11.4 Å². The van der Waals surface area contributed by atoms with Crippen LogP contribution < -0.4 is 0 Å². The number of ketones is 1. The number of nitrogens with zero attached hydrogens (tertiary/aromatic N) is 1. The van der Waals surface area contributed by atoms with Gasteiger partial charge in [0.1, 0.15) is 18.0 Å². The van der Waals surface area contributed by atoms with E-state index in [0.717, 1.165) is 44.4 Å². The van der Waals surface area contributed by atoms with E-state index in [1.54, 1.807) is 0 Å². The van der Waals surface area contributed by atoms with Gasteiger partial charge < -0.3 is 28.6 Å². The average molecular weight is 490 g/mol. The average Bonchev–Trinajstić information content (AvgIpc) is 3.49. The number of hydrogen-bond donors (Lipinski definition) is 0. The highest BCUT2D eigenvalue weighted by atomic mass is 16.9. The Morgan fingerprint density at radius 3 is 2.66 bits per heavy atom. The number of fused-ring (bicyclic) bond motifs is 7. The normalized spacial score (nSPS) is 51.0. The van der Waals surface area contributed by atoms with E-state index in [0.29, 0.717) is 49.1 Å². The van der Waals surface area contributed by atoms with Crippen molar-refractivity contribution in [2.45, 2.75) is 70.7 Å². The molecule has 6 aliphatic rings. The van der Waals surface area contributed by atoms with Crippen molar-refractivity contribution >= 4 is 5.78 Å². The zero-order valence-corrected chi connectivity index (χ0v) is 22.1. The molecule has 2 aliphatic heterocycles. The number of ether oxygens (including phenoxy) is 5. The van der Waals surface area contributed by atoms with Gasteiger partial charge in [0, 0.05) is 30.7 Å². The SMILES string of the molecule is CCOC1=CC2C(CN(C)C)C[C@@H]3[C@@H](C(=O)C[C@@]4(C)[C@H]3CC[C@@]43OCOC34COCO4)[C@@]2(C)CC1. The molecule has 3 unspecified atom stereocenters. The van der Waals surface area contributed by atoms with Crippen molar-refractivity contribution in [2.24, 2.45) is 40.4 Å². The van der Waals surface area contributed by atoms with Gasteiger partial charge in [-0.05, 0) is 81.9 Å². The summed E-state index contributed by atoms with van der Waals surface area (Å²) < 4.78 is 30.4. The Morgan fingerprint density at radius 2 is 1.94 bits per heavy atom. The van der Waals surface area contributed by atoms with Crippen molar-refractivity contribution in [1.82, 2.24) is 4.90 Å². The second kappa shape index (κ2) is 8.26. The lowest BCUT2D eigenvalue weighted by Gasteiger charge is -2.62. The van der Waals surface area contributed by atoms with Gasteiger partial charge in [-0.15, -0.1) is 0 Å². The number of allylic oxidation sites excluding steroid dienone is 2. The van der Waals surface area contributed by atoms with Gasteiger partial charge in [0.15, 0.2) is 13.6 Å². The molecule has 2 spiro atoms. The third-order valence-corrected chi connectivity index (χ3v) is 11.0. The van der Waals surface area contributed by atoms with Crippen molar-refractivity contribution in [1.29, 1.82) is 0 Å². The minimum Gasteiger partial charge on any atom is -0.499 e. The first-order valence-electron chi connectivity index (χ1n) is 13.7. The first kappa shape index (κ1) is 24.4. The molecule has 6 rings (SSSR count). The van der Waals surface area contributed by atoms with Gasteiger partial charge in [-0.1, -0.05) is 13.8 Å². The van der Waals surface area contributed by atoms with E-state index in [-0.39, 0.29) is 30.3 Å². The van der Waals surface area contributed by atoms with Crippen molar-refractivity contribution in [3.63, 3.8) is 0 Å². The minimum absolute atomic E-state index is 0.0317. The zero-order valence-electron chi connectivity index (χ0n) is 22.1. The number of Topliss-reactive ketones (excluding diaryl/α,β-unsaturated/α-hetero) is 1. The number of rotatable bonds is 4. The molecular weight excluding hydrogens is 446 g/mol. The highest BCUT2D eigenvalue weighted by Crippen LogP contribution is 2.71. The summed E-state index contributed by atoms with van der Waals surface area (Å²) in [5.41, 5.74) is -0.969. The predicted octanol–water partition coefficient (Wildman–Crippen LogP) is 3.97. The fourth-order valence-corrected chi connectivity index (χ4v) is 9.84. The van der Waals surface area contributed by atoms with Gasteiger partial charge in [-0.3, -0.25) is 4.79 Å². The third-order valence-electron chi connectivity index (χ3n) is 11.0. The molecule has 0 aromatic heterocycles. The summed E-state index contributed by atoms with van der Waals surface area (Å²) in [6, 6.07) is 0. The summed E-state index contributed by atoms with van der Waals surface area (Å²) in [6.07, 6.45) is 7.89. The summed E-state index contributed by atoms with van der Waals surface area (Å²) in [5.74, 6) is 2.40. The first-order valence-corrected chi connectivity index (χ1v) is 13.7. The molecule has 0 bridgehead atoms. The van der Waals surface area contributed by atoms with Crippen LogP contribution in [0.4, 0.5) is 0 Å². The van der Waals surface area contributed by atoms with Crippen LogP contribution in [0.2, 0.25) is 0 Å². The highest BCUT2D eigenvalue weighted by molar-refractivity contribution is 5.84. The Bertz CT molecular complexity index is 892. The molecular formula is C28H43NO6. The lowest BCUT2D eigenvalue weighted by molar-refractivity contribution is -0.248. The maximum Gasteiger partial charge on any atom is 0.226 e. The van der Waals surface area contributed by atoms with Crippen LogP contribution in [-0.2, 0) is 28.5 Å². The highest BCUT2D eigenvalue weighted by Gasteiger charge is 2.77. The maximum absolute atomic E-state index is 14.3. The Hall–Kier alpha value is -0.990. The standard InChI is InChI=1S/C28H43NO6/c1-6-32-19-7-9-25(2)22(12-19)18(14-29(4)5)11-20-21-8-10-27(26(21,3)13-23(30)24(20)25)28(35-17-33-27)15-31-16-34-28/h12,18,20-22,24H,6-11,13-17H2,1-5H3/t18?,20-,21-,22?,24-,25-,26-,27+,28?/m0/s1. The molecule has 5 fully saturated rings. The lowest BCUT2D eigenvalue weighted by Crippen LogP contribution is -2.66. The van der Waals surface area contributed by atoms with Crippen molar-refractivity contribution in [3.05, 3.63) is 11.8 Å². The molecule has 0 radical (unpaired) electrons. The number of carbonyl (C=O) groups is 1. The molecule has 2 heterocycles. The second-order valence-corrected chi connectivity index (χ2v) is 12.8. The molecule has 2 saturated heterocycles. The molecule has 7 nitrogen and oxygen atoms in total. The van der Waals surface area contributed by atoms with E-state index in [1.165, 1.54) is 0 Å². The lowest BCUT2D eigenvalue weighted by atomic mass is 9.42. The smallest absolute Gasteiger partial charge is 0.226 e. The van der Waals surface area contributed by atoms with E-state index >= 15 is 0 Å². The Labute approximate surface area is 209 Å². The molecule has 7 heteroatoms. The topological polar surface area (TPSA) is 66.5 Å². The molecule has 196 valence electrons. The van der Waals surface area contributed by atoms with Gasteiger partial charge in [0.2, 0.25) is 5.79 Å². The fraction of sp³-hybridized carbons (Fsp3) is 0.893. The molecule has 0 aromatic carbocycles. The van der Waals surface area contributed by atoms with E-state index in [9.17, 15) is 4.79 Å². The Kier molecular flexibility index (Phi) is 5.74. The molecule has 9 atom stereocenters. The summed E-state index contributed by atoms with van der Waals surface area (Å²) in [6.45, 7) is 9.31.